The zero-order valence-electron chi connectivity index (χ0n) is 16.2. The molecule has 1 aromatic carbocycles. The summed E-state index contributed by atoms with van der Waals surface area (Å²) in [5, 5.41) is 20.3. The molecule has 3 rings (SSSR count). The molecule has 153 valence electrons. The van der Waals surface area contributed by atoms with Crippen molar-refractivity contribution in [2.45, 2.75) is 37.5 Å². The van der Waals surface area contributed by atoms with Crippen LogP contribution in [-0.2, 0) is 45.6 Å². The number of aliphatic hydroxyl groups excluding tert-OH is 1. The summed E-state index contributed by atoms with van der Waals surface area (Å²) in [6, 6.07) is 13.2. The Bertz CT molecular complexity index is 808. The molecule has 1 fully saturated rings. The number of nitro groups is 1. The number of nitrogens with zero attached hydrogens (tertiary/aromatic N) is 2. The molecule has 1 aromatic heterocycles. The fourth-order valence-corrected chi connectivity index (χ4v) is 4.25. The van der Waals surface area contributed by atoms with Gasteiger partial charge in [-0.2, -0.15) is 18.2 Å². The number of aryl methyl sites for hydroxylation is 1. The van der Waals surface area contributed by atoms with Gasteiger partial charge in [-0.15, -0.1) is 17.7 Å². The number of hydrogen-bond acceptors (Lipinski definition) is 5. The number of hydrogen-bond donors (Lipinski definition) is 1. The zero-order valence-corrected chi connectivity index (χ0v) is 19.8. The van der Waals surface area contributed by atoms with Gasteiger partial charge in [-0.05, 0) is 37.7 Å². The summed E-state index contributed by atoms with van der Waals surface area (Å²) in [6.07, 6.45) is 3.88. The van der Waals surface area contributed by atoms with E-state index in [-0.39, 0.29) is 61.2 Å². The van der Waals surface area contributed by atoms with Crippen LogP contribution in [0.25, 0.3) is 0 Å². The average Bonchev–Trinajstić information content (AvgIpc) is 3.05. The van der Waals surface area contributed by atoms with Crippen LogP contribution in [0.3, 0.4) is 0 Å². The second-order valence-electron chi connectivity index (χ2n) is 7.12. The fourth-order valence-electron chi connectivity index (χ4n) is 3.85. The SMILES string of the molecule is O=[N+]([O-])c1c[c-]ccc1CC[C@H]1CCC(Cl)[C@@H]1COc1cccc(CCO)n1.[Y]. The summed E-state index contributed by atoms with van der Waals surface area (Å²) in [4.78, 5) is 15.2. The smallest absolute Gasteiger partial charge is 0.213 e. The largest absolute Gasteiger partial charge is 0.477 e. The van der Waals surface area contributed by atoms with Crippen LogP contribution in [0, 0.1) is 28.0 Å². The molecule has 6 nitrogen and oxygen atoms in total. The topological polar surface area (TPSA) is 85.5 Å². The molecule has 0 bridgehead atoms. The second kappa shape index (κ2) is 11.9. The maximum absolute atomic E-state index is 11.2. The summed E-state index contributed by atoms with van der Waals surface area (Å²) in [7, 11) is 0. The molecule has 0 aliphatic heterocycles. The van der Waals surface area contributed by atoms with Crippen LogP contribution in [0.5, 0.6) is 5.88 Å². The van der Waals surface area contributed by atoms with Gasteiger partial charge in [0, 0.05) is 73.7 Å². The number of alkyl halides is 1. The quantitative estimate of drug-likeness (QED) is 0.248. The van der Waals surface area contributed by atoms with Crippen molar-refractivity contribution in [1.29, 1.82) is 0 Å². The molecule has 0 saturated heterocycles. The number of nitro benzene ring substituents is 1. The van der Waals surface area contributed by atoms with E-state index in [1.807, 2.05) is 12.1 Å². The average molecular weight is 493 g/mol. The van der Waals surface area contributed by atoms with E-state index in [4.69, 9.17) is 21.4 Å². The molecular formula is C21H24ClN2O4Y-. The van der Waals surface area contributed by atoms with Crippen molar-refractivity contribution >= 4 is 17.3 Å². The zero-order chi connectivity index (χ0) is 19.9. The molecule has 1 radical (unpaired) electrons. The first-order valence-corrected chi connectivity index (χ1v) is 9.99. The summed E-state index contributed by atoms with van der Waals surface area (Å²) >= 11 is 6.54. The molecule has 1 saturated carbocycles. The third-order valence-corrected chi connectivity index (χ3v) is 5.91. The van der Waals surface area contributed by atoms with Crippen LogP contribution in [0.4, 0.5) is 5.69 Å². The Balaban J connectivity index is 0.00000300. The van der Waals surface area contributed by atoms with Crippen LogP contribution >= 0.6 is 11.6 Å². The second-order valence-corrected chi connectivity index (χ2v) is 7.68. The van der Waals surface area contributed by atoms with Crippen LogP contribution in [0.1, 0.15) is 30.5 Å². The van der Waals surface area contributed by atoms with E-state index in [0.29, 0.717) is 31.2 Å². The molecule has 2 aromatic rings. The number of ether oxygens (including phenoxy) is 1. The Labute approximate surface area is 201 Å². The van der Waals surface area contributed by atoms with E-state index in [1.54, 1.807) is 18.2 Å². The number of aliphatic hydroxyl groups is 1. The monoisotopic (exact) mass is 492 g/mol. The standard InChI is InChI=1S/C21H24ClN2O4.Y/c22-19-11-10-15(8-9-16-4-1-2-6-20(16)24(26)27)18(19)14-28-21-7-3-5-17(23-21)12-13-25;/h1,3-7,15,18-19,25H,8-14H2;/q-1;/t15-,18+,19?;/m0./s1. The maximum atomic E-state index is 11.2. The summed E-state index contributed by atoms with van der Waals surface area (Å²) < 4.78 is 5.90. The number of halogens is 1. The van der Waals surface area contributed by atoms with Gasteiger partial charge in [-0.1, -0.05) is 11.6 Å². The number of aromatic nitrogens is 1. The Morgan fingerprint density at radius 1 is 1.31 bits per heavy atom. The van der Waals surface area contributed by atoms with Crippen LogP contribution < -0.4 is 4.74 Å². The van der Waals surface area contributed by atoms with Crippen molar-refractivity contribution in [1.82, 2.24) is 4.98 Å². The van der Waals surface area contributed by atoms with Crippen molar-refractivity contribution in [2.75, 3.05) is 13.2 Å². The molecule has 1 heterocycles. The van der Waals surface area contributed by atoms with E-state index < -0.39 is 0 Å². The molecular weight excluding hydrogens is 469 g/mol. The molecule has 8 heteroatoms. The molecule has 0 amide bonds. The minimum atomic E-state index is -0.351. The Hall–Kier alpha value is -1.08. The molecule has 1 unspecified atom stereocenters. The van der Waals surface area contributed by atoms with Crippen LogP contribution in [0.2, 0.25) is 0 Å². The van der Waals surface area contributed by atoms with Gasteiger partial charge in [0.2, 0.25) is 5.88 Å². The Kier molecular flexibility index (Phi) is 9.96. The van der Waals surface area contributed by atoms with Gasteiger partial charge < -0.3 is 9.84 Å². The van der Waals surface area contributed by atoms with Crippen molar-refractivity contribution in [3.8, 4) is 5.88 Å². The third-order valence-electron chi connectivity index (χ3n) is 5.37. The van der Waals surface area contributed by atoms with Gasteiger partial charge in [-0.25, -0.2) is 4.98 Å². The van der Waals surface area contributed by atoms with Crippen molar-refractivity contribution < 1.29 is 47.5 Å². The summed E-state index contributed by atoms with van der Waals surface area (Å²) in [6.45, 7) is 0.521. The fraction of sp³-hybridized carbons (Fsp3) is 0.476. The predicted molar refractivity (Wildman–Crippen MR) is 107 cm³/mol. The van der Waals surface area contributed by atoms with Gasteiger partial charge in [0.15, 0.2) is 5.69 Å². The van der Waals surface area contributed by atoms with E-state index >= 15 is 0 Å². The third kappa shape index (κ3) is 6.71. The van der Waals surface area contributed by atoms with Crippen LogP contribution in [-0.4, -0.2) is 33.6 Å². The van der Waals surface area contributed by atoms with E-state index in [2.05, 4.69) is 11.1 Å². The number of benzene rings is 1. The van der Waals surface area contributed by atoms with Crippen molar-refractivity contribution in [2.24, 2.45) is 11.8 Å². The molecule has 1 N–H and O–H groups in total. The predicted octanol–water partition coefficient (Wildman–Crippen LogP) is 3.97. The molecule has 0 spiro atoms. The van der Waals surface area contributed by atoms with Gasteiger partial charge in [0.1, 0.15) is 0 Å². The van der Waals surface area contributed by atoms with Gasteiger partial charge in [0.05, 0.1) is 6.61 Å². The first-order chi connectivity index (χ1) is 13.6. The first-order valence-electron chi connectivity index (χ1n) is 9.55. The Morgan fingerprint density at radius 3 is 2.90 bits per heavy atom. The number of rotatable bonds is 9. The van der Waals surface area contributed by atoms with Gasteiger partial charge in [0.25, 0.3) is 0 Å². The number of pyridine rings is 1. The minimum absolute atomic E-state index is 0. The van der Waals surface area contributed by atoms with Crippen molar-refractivity contribution in [3.63, 3.8) is 0 Å². The van der Waals surface area contributed by atoms with Gasteiger partial charge in [-0.3, -0.25) is 10.1 Å². The minimum Gasteiger partial charge on any atom is -0.477 e. The first kappa shape index (κ1) is 24.2. The van der Waals surface area contributed by atoms with E-state index in [9.17, 15) is 10.1 Å². The summed E-state index contributed by atoms with van der Waals surface area (Å²) in [5.74, 6) is 1.07. The maximum Gasteiger partial charge on any atom is 0.213 e. The van der Waals surface area contributed by atoms with Crippen LogP contribution in [0.15, 0.2) is 36.4 Å². The van der Waals surface area contributed by atoms with Gasteiger partial charge >= 0.3 is 0 Å². The molecule has 29 heavy (non-hydrogen) atoms. The van der Waals surface area contributed by atoms with Crippen molar-refractivity contribution in [3.05, 3.63) is 63.8 Å². The summed E-state index contributed by atoms with van der Waals surface area (Å²) in [5.41, 5.74) is 1.65. The normalized spacial score (nSPS) is 20.8. The van der Waals surface area contributed by atoms with E-state index in [0.717, 1.165) is 30.5 Å². The molecule has 1 aliphatic rings. The molecule has 1 aliphatic carbocycles. The molecule has 3 atom stereocenters. The van der Waals surface area contributed by atoms with E-state index in [1.165, 1.54) is 6.07 Å². The Morgan fingerprint density at radius 2 is 2.14 bits per heavy atom.